The Morgan fingerprint density at radius 2 is 2.11 bits per heavy atom. The van der Waals surface area contributed by atoms with Gasteiger partial charge in [-0.15, -0.1) is 0 Å². The van der Waals surface area contributed by atoms with Crippen molar-refractivity contribution in [1.29, 1.82) is 0 Å². The van der Waals surface area contributed by atoms with Crippen LogP contribution in [0.2, 0.25) is 0 Å². The van der Waals surface area contributed by atoms with Crippen LogP contribution in [0.4, 0.5) is 0 Å². The lowest BCUT2D eigenvalue weighted by atomic mass is 10.1. The lowest BCUT2D eigenvalue weighted by Gasteiger charge is -2.01. The molecule has 0 bridgehead atoms. The fourth-order valence-corrected chi connectivity index (χ4v) is 1.74. The minimum atomic E-state index is 0.166. The molecule has 0 aliphatic rings. The molecule has 5 heteroatoms. The molecule has 5 nitrogen and oxygen atoms in total. The van der Waals surface area contributed by atoms with E-state index in [1.807, 2.05) is 31.2 Å². The number of phenols is 1. The summed E-state index contributed by atoms with van der Waals surface area (Å²) in [5.41, 5.74) is 2.09. The molecule has 0 saturated heterocycles. The molecule has 2 heterocycles. The van der Waals surface area contributed by atoms with Crippen molar-refractivity contribution in [3.8, 4) is 28.7 Å². The van der Waals surface area contributed by atoms with Crippen LogP contribution in [-0.4, -0.2) is 20.2 Å². The number of nitrogens with one attached hydrogen (secondary N) is 1. The molecule has 2 aromatic heterocycles. The Bertz CT molecular complexity index is 671. The minimum absolute atomic E-state index is 0.166. The van der Waals surface area contributed by atoms with Gasteiger partial charge in [0, 0.05) is 6.20 Å². The first-order valence-corrected chi connectivity index (χ1v) is 5.52. The van der Waals surface area contributed by atoms with E-state index in [4.69, 9.17) is 4.52 Å². The van der Waals surface area contributed by atoms with E-state index in [1.54, 1.807) is 12.3 Å². The van der Waals surface area contributed by atoms with Crippen LogP contribution in [-0.2, 0) is 0 Å². The van der Waals surface area contributed by atoms with Crippen LogP contribution >= 0.6 is 0 Å². The quantitative estimate of drug-likeness (QED) is 0.723. The van der Waals surface area contributed by atoms with E-state index in [9.17, 15) is 5.11 Å². The summed E-state index contributed by atoms with van der Waals surface area (Å²) >= 11 is 0. The first-order valence-electron chi connectivity index (χ1n) is 5.52. The minimum Gasteiger partial charge on any atom is -0.507 e. The van der Waals surface area contributed by atoms with Crippen LogP contribution in [0.3, 0.4) is 0 Å². The molecule has 0 fully saturated rings. The van der Waals surface area contributed by atoms with E-state index in [-0.39, 0.29) is 5.75 Å². The van der Waals surface area contributed by atoms with Gasteiger partial charge in [0.15, 0.2) is 0 Å². The van der Waals surface area contributed by atoms with Crippen molar-refractivity contribution in [2.75, 3.05) is 0 Å². The summed E-state index contributed by atoms with van der Waals surface area (Å²) < 4.78 is 5.17. The summed E-state index contributed by atoms with van der Waals surface area (Å²) in [4.78, 5) is 7.25. The van der Waals surface area contributed by atoms with Gasteiger partial charge in [-0.25, -0.2) is 0 Å². The smallest absolute Gasteiger partial charge is 0.262 e. The highest BCUT2D eigenvalue weighted by atomic mass is 16.5. The van der Waals surface area contributed by atoms with Gasteiger partial charge in [-0.1, -0.05) is 17.3 Å². The molecule has 90 valence electrons. The third-order valence-electron chi connectivity index (χ3n) is 2.73. The topological polar surface area (TPSA) is 74.9 Å². The molecule has 0 radical (unpaired) electrons. The van der Waals surface area contributed by atoms with Gasteiger partial charge in [-0.2, -0.15) is 4.98 Å². The number of H-pyrrole nitrogens is 1. The Morgan fingerprint density at radius 1 is 1.22 bits per heavy atom. The fourth-order valence-electron chi connectivity index (χ4n) is 1.74. The number of phenolic OH excluding ortho intramolecular Hbond substituents is 1. The van der Waals surface area contributed by atoms with E-state index in [0.29, 0.717) is 17.3 Å². The number of aromatic amines is 1. The highest BCUT2D eigenvalue weighted by Crippen LogP contribution is 2.31. The maximum Gasteiger partial charge on any atom is 0.262 e. The molecule has 0 amide bonds. The zero-order valence-corrected chi connectivity index (χ0v) is 9.71. The summed E-state index contributed by atoms with van der Waals surface area (Å²) in [6.45, 7) is 1.82. The van der Waals surface area contributed by atoms with Gasteiger partial charge in [0.05, 0.1) is 11.3 Å². The Balaban J connectivity index is 2.06. The van der Waals surface area contributed by atoms with Crippen molar-refractivity contribution in [3.63, 3.8) is 0 Å². The third kappa shape index (κ3) is 1.66. The van der Waals surface area contributed by atoms with Crippen LogP contribution in [0.25, 0.3) is 23.0 Å². The Kier molecular flexibility index (Phi) is 2.37. The fraction of sp³-hybridized carbons (Fsp3) is 0.0769. The van der Waals surface area contributed by atoms with Gasteiger partial charge in [-0.05, 0) is 30.7 Å². The number of nitrogens with zero attached hydrogens (tertiary/aromatic N) is 2. The largest absolute Gasteiger partial charge is 0.507 e. The lowest BCUT2D eigenvalue weighted by Crippen LogP contribution is -1.83. The first kappa shape index (κ1) is 10.6. The molecule has 0 unspecified atom stereocenters. The number of rotatable bonds is 2. The van der Waals surface area contributed by atoms with Crippen molar-refractivity contribution >= 4 is 0 Å². The van der Waals surface area contributed by atoms with E-state index < -0.39 is 0 Å². The van der Waals surface area contributed by atoms with Crippen molar-refractivity contribution in [2.24, 2.45) is 0 Å². The predicted octanol–water partition coefficient (Wildman–Crippen LogP) is 2.75. The number of aryl methyl sites for hydroxylation is 1. The van der Waals surface area contributed by atoms with Gasteiger partial charge in [0.25, 0.3) is 5.89 Å². The lowest BCUT2D eigenvalue weighted by molar-refractivity contribution is 0.425. The predicted molar refractivity (Wildman–Crippen MR) is 65.9 cm³/mol. The highest BCUT2D eigenvalue weighted by molar-refractivity contribution is 5.65. The number of hydrogen-bond donors (Lipinski definition) is 2. The zero-order valence-electron chi connectivity index (χ0n) is 9.71. The van der Waals surface area contributed by atoms with Gasteiger partial charge in [0.1, 0.15) is 5.75 Å². The van der Waals surface area contributed by atoms with Crippen molar-refractivity contribution in [2.45, 2.75) is 6.92 Å². The Labute approximate surface area is 103 Å². The SMILES string of the molecule is Cc1cccc(-c2nc(-c3ccc[nH]3)no2)c1O. The third-order valence-corrected chi connectivity index (χ3v) is 2.73. The van der Waals surface area contributed by atoms with Crippen LogP contribution in [0, 0.1) is 6.92 Å². The number of benzene rings is 1. The summed E-state index contributed by atoms with van der Waals surface area (Å²) in [6.07, 6.45) is 1.79. The van der Waals surface area contributed by atoms with Gasteiger partial charge in [0.2, 0.25) is 5.82 Å². The van der Waals surface area contributed by atoms with E-state index >= 15 is 0 Å². The molecule has 0 aliphatic heterocycles. The van der Waals surface area contributed by atoms with Gasteiger partial charge < -0.3 is 14.6 Å². The normalized spacial score (nSPS) is 10.7. The molecule has 2 N–H and O–H groups in total. The maximum absolute atomic E-state index is 9.96. The number of para-hydroxylation sites is 1. The molecular formula is C13H11N3O2. The van der Waals surface area contributed by atoms with Crippen LogP contribution < -0.4 is 0 Å². The van der Waals surface area contributed by atoms with Crippen LogP contribution in [0.5, 0.6) is 5.75 Å². The summed E-state index contributed by atoms with van der Waals surface area (Å²) in [5.74, 6) is 0.941. The van der Waals surface area contributed by atoms with Crippen LogP contribution in [0.15, 0.2) is 41.1 Å². The monoisotopic (exact) mass is 241 g/mol. The molecule has 0 saturated carbocycles. The molecule has 0 atom stereocenters. The van der Waals surface area contributed by atoms with Gasteiger partial charge in [-0.3, -0.25) is 0 Å². The van der Waals surface area contributed by atoms with Crippen molar-refractivity contribution < 1.29 is 9.63 Å². The number of hydrogen-bond acceptors (Lipinski definition) is 4. The van der Waals surface area contributed by atoms with E-state index in [0.717, 1.165) is 11.3 Å². The van der Waals surface area contributed by atoms with Crippen molar-refractivity contribution in [1.82, 2.24) is 15.1 Å². The molecule has 3 aromatic rings. The van der Waals surface area contributed by atoms with Crippen molar-refractivity contribution in [3.05, 3.63) is 42.1 Å². The number of aromatic nitrogens is 3. The summed E-state index contributed by atoms with van der Waals surface area (Å²) in [6, 6.07) is 9.11. The van der Waals surface area contributed by atoms with Crippen LogP contribution in [0.1, 0.15) is 5.56 Å². The Hall–Kier alpha value is -2.56. The zero-order chi connectivity index (χ0) is 12.5. The second-order valence-corrected chi connectivity index (χ2v) is 3.98. The maximum atomic E-state index is 9.96. The standard InChI is InChI=1S/C13H11N3O2/c1-8-4-2-5-9(11(8)17)13-15-12(16-18-13)10-6-3-7-14-10/h2-7,14,17H,1H3. The molecule has 0 spiro atoms. The molecule has 0 aliphatic carbocycles. The molecular weight excluding hydrogens is 230 g/mol. The van der Waals surface area contributed by atoms with Gasteiger partial charge >= 0.3 is 0 Å². The van der Waals surface area contributed by atoms with E-state index in [2.05, 4.69) is 15.1 Å². The Morgan fingerprint density at radius 3 is 2.89 bits per heavy atom. The second kappa shape index (κ2) is 4.03. The molecule has 1 aromatic carbocycles. The van der Waals surface area contributed by atoms with E-state index in [1.165, 1.54) is 0 Å². The molecule has 18 heavy (non-hydrogen) atoms. The average Bonchev–Trinajstić information content (AvgIpc) is 3.01. The highest BCUT2D eigenvalue weighted by Gasteiger charge is 2.14. The molecule has 3 rings (SSSR count). The summed E-state index contributed by atoms with van der Waals surface area (Å²) in [7, 11) is 0. The summed E-state index contributed by atoms with van der Waals surface area (Å²) in [5, 5.41) is 13.8. The first-order chi connectivity index (χ1) is 8.75. The average molecular weight is 241 g/mol. The second-order valence-electron chi connectivity index (χ2n) is 3.98. The number of aromatic hydroxyl groups is 1.